The summed E-state index contributed by atoms with van der Waals surface area (Å²) in [6, 6.07) is 9.63. The third-order valence-corrected chi connectivity index (χ3v) is 10.3. The minimum absolute atomic E-state index is 0.0149. The van der Waals surface area contributed by atoms with Crippen molar-refractivity contribution in [2.24, 2.45) is 5.92 Å². The van der Waals surface area contributed by atoms with Gasteiger partial charge < -0.3 is 29.6 Å². The fraction of sp³-hybridized carbons (Fsp3) is 0.576. The number of amides is 1. The Morgan fingerprint density at radius 2 is 1.85 bits per heavy atom. The van der Waals surface area contributed by atoms with E-state index in [4.69, 9.17) is 14.5 Å². The van der Waals surface area contributed by atoms with Crippen molar-refractivity contribution in [2.45, 2.75) is 76.0 Å². The van der Waals surface area contributed by atoms with Crippen molar-refractivity contribution >= 4 is 38.6 Å². The van der Waals surface area contributed by atoms with Crippen LogP contribution in [-0.4, -0.2) is 96.2 Å². The molecule has 1 saturated carbocycles. The van der Waals surface area contributed by atoms with E-state index in [9.17, 15) is 18.0 Å². The number of aromatic nitrogens is 3. The van der Waals surface area contributed by atoms with Gasteiger partial charge in [-0.2, -0.15) is 4.98 Å². The van der Waals surface area contributed by atoms with Crippen molar-refractivity contribution in [3.8, 4) is 11.6 Å². The van der Waals surface area contributed by atoms with Crippen LogP contribution in [0.3, 0.4) is 0 Å². The summed E-state index contributed by atoms with van der Waals surface area (Å²) in [4.78, 5) is 36.9. The van der Waals surface area contributed by atoms with Gasteiger partial charge in [0.05, 0.1) is 17.9 Å². The Kier molecular flexibility index (Phi) is 10.1. The summed E-state index contributed by atoms with van der Waals surface area (Å²) in [6.07, 6.45) is 11.8. The molecule has 3 aromatic rings. The molecule has 13 heteroatoms. The lowest BCUT2D eigenvalue weighted by Crippen LogP contribution is -2.46. The number of anilines is 1. The second kappa shape index (κ2) is 14.4. The number of esters is 1. The lowest BCUT2D eigenvalue weighted by Gasteiger charge is -2.36. The molecule has 3 fully saturated rings. The molecule has 2 aliphatic heterocycles. The zero-order valence-corrected chi connectivity index (χ0v) is 27.2. The van der Waals surface area contributed by atoms with Gasteiger partial charge in [0.2, 0.25) is 11.9 Å². The maximum absolute atomic E-state index is 13.3. The molecule has 0 radical (unpaired) electrons. The fourth-order valence-electron chi connectivity index (χ4n) is 6.77. The standard InChI is InChI=1S/C33H44N6O6S/c1-46(42,43)22-4-21-44-29-7-2-6-28-26(29)15-20-39(28)30-12-17-35-33(37-30)36-24-10-8-23(9-11-24)31(40)38-18-13-25(14-19-38)45-32(41)27-5-3-16-34-27/h2,6-7,12,15,17,20,23-25,27,34H,3-5,8-11,13-14,16,18-19,21-22H2,1H3,(H,35,36,37)/t23-,24-,27-/m0/s1. The van der Waals surface area contributed by atoms with Crippen LogP contribution in [0.5, 0.6) is 5.75 Å². The van der Waals surface area contributed by atoms with E-state index in [0.29, 0.717) is 50.7 Å². The highest BCUT2D eigenvalue weighted by atomic mass is 32.2. The molecule has 3 aliphatic rings. The highest BCUT2D eigenvalue weighted by molar-refractivity contribution is 7.90. The Bertz CT molecular complexity index is 1620. The van der Waals surface area contributed by atoms with Gasteiger partial charge in [-0.25, -0.2) is 13.4 Å². The van der Waals surface area contributed by atoms with Gasteiger partial charge in [-0.15, -0.1) is 0 Å². The van der Waals surface area contributed by atoms with Gasteiger partial charge in [-0.05, 0) is 75.8 Å². The number of nitrogens with zero attached hydrogens (tertiary/aromatic N) is 4. The zero-order chi connectivity index (χ0) is 32.1. The summed E-state index contributed by atoms with van der Waals surface area (Å²) >= 11 is 0. The molecule has 0 bridgehead atoms. The molecule has 4 heterocycles. The van der Waals surface area contributed by atoms with Crippen LogP contribution in [0.1, 0.15) is 57.8 Å². The molecule has 2 N–H and O–H groups in total. The van der Waals surface area contributed by atoms with Crippen molar-refractivity contribution in [3.63, 3.8) is 0 Å². The number of likely N-dealkylation sites (tertiary alicyclic amines) is 1. The van der Waals surface area contributed by atoms with Gasteiger partial charge in [-0.3, -0.25) is 9.59 Å². The van der Waals surface area contributed by atoms with Gasteiger partial charge in [0.15, 0.2) is 0 Å². The lowest BCUT2D eigenvalue weighted by molar-refractivity contribution is -0.154. The van der Waals surface area contributed by atoms with E-state index >= 15 is 0 Å². The molecule has 2 saturated heterocycles. The Labute approximate surface area is 270 Å². The predicted octanol–water partition coefficient (Wildman–Crippen LogP) is 3.49. The molecule has 0 spiro atoms. The molecule has 248 valence electrons. The number of piperidine rings is 1. The van der Waals surface area contributed by atoms with E-state index in [2.05, 4.69) is 15.6 Å². The van der Waals surface area contributed by atoms with E-state index in [1.54, 1.807) is 6.20 Å². The lowest BCUT2D eigenvalue weighted by atomic mass is 9.85. The first-order valence-electron chi connectivity index (χ1n) is 16.5. The average Bonchev–Trinajstić information content (AvgIpc) is 3.75. The Morgan fingerprint density at radius 1 is 1.04 bits per heavy atom. The number of carbonyl (C=O) groups is 2. The highest BCUT2D eigenvalue weighted by Gasteiger charge is 2.33. The summed E-state index contributed by atoms with van der Waals surface area (Å²) in [5, 5.41) is 7.60. The monoisotopic (exact) mass is 652 g/mol. The van der Waals surface area contributed by atoms with Crippen LogP contribution in [-0.2, 0) is 24.2 Å². The molecule has 1 aliphatic carbocycles. The number of rotatable bonds is 11. The number of ether oxygens (including phenoxy) is 2. The summed E-state index contributed by atoms with van der Waals surface area (Å²) in [5.74, 6) is 2.15. The molecule has 1 amide bonds. The van der Waals surface area contributed by atoms with Gasteiger partial charge in [-0.1, -0.05) is 6.07 Å². The van der Waals surface area contributed by atoms with Crippen molar-refractivity contribution in [1.29, 1.82) is 0 Å². The number of fused-ring (bicyclic) bond motifs is 1. The molecule has 12 nitrogen and oxygen atoms in total. The van der Waals surface area contributed by atoms with Crippen molar-refractivity contribution in [3.05, 3.63) is 42.7 Å². The van der Waals surface area contributed by atoms with Gasteiger partial charge in [0, 0.05) is 61.9 Å². The second-order valence-corrected chi connectivity index (χ2v) is 15.0. The molecule has 46 heavy (non-hydrogen) atoms. The van der Waals surface area contributed by atoms with Crippen molar-refractivity contribution < 1.29 is 27.5 Å². The van der Waals surface area contributed by atoms with E-state index in [-0.39, 0.29) is 41.7 Å². The first-order valence-corrected chi connectivity index (χ1v) is 18.5. The third-order valence-electron chi connectivity index (χ3n) is 9.29. The molecular weight excluding hydrogens is 608 g/mol. The largest absolute Gasteiger partial charge is 0.493 e. The van der Waals surface area contributed by atoms with Crippen molar-refractivity contribution in [1.82, 2.24) is 24.8 Å². The van der Waals surface area contributed by atoms with E-state index in [1.165, 1.54) is 6.26 Å². The minimum Gasteiger partial charge on any atom is -0.493 e. The third kappa shape index (κ3) is 7.98. The van der Waals surface area contributed by atoms with Crippen LogP contribution in [0.2, 0.25) is 0 Å². The Morgan fingerprint density at radius 3 is 2.59 bits per heavy atom. The van der Waals surface area contributed by atoms with Crippen molar-refractivity contribution in [2.75, 3.05) is 43.6 Å². The molecule has 2 aromatic heterocycles. The molecule has 6 rings (SSSR count). The highest BCUT2D eigenvalue weighted by Crippen LogP contribution is 2.31. The normalized spacial score (nSPS) is 22.5. The summed E-state index contributed by atoms with van der Waals surface area (Å²) in [7, 11) is -3.02. The average molecular weight is 653 g/mol. The first-order chi connectivity index (χ1) is 22.2. The number of benzene rings is 1. The Balaban J connectivity index is 0.985. The fourth-order valence-corrected chi connectivity index (χ4v) is 7.42. The van der Waals surface area contributed by atoms with Gasteiger partial charge in [0.25, 0.3) is 0 Å². The summed E-state index contributed by atoms with van der Waals surface area (Å²) < 4.78 is 36.5. The van der Waals surface area contributed by atoms with Crippen LogP contribution in [0.4, 0.5) is 5.95 Å². The summed E-state index contributed by atoms with van der Waals surface area (Å²) in [6.45, 7) is 2.46. The van der Waals surface area contributed by atoms with Gasteiger partial charge in [0.1, 0.15) is 33.6 Å². The smallest absolute Gasteiger partial charge is 0.323 e. The minimum atomic E-state index is -3.02. The molecule has 1 aromatic carbocycles. The second-order valence-electron chi connectivity index (χ2n) is 12.7. The topological polar surface area (TPSA) is 145 Å². The molecule has 1 atom stereocenters. The van der Waals surface area contributed by atoms with Crippen LogP contribution >= 0.6 is 0 Å². The molecular formula is C33H44N6O6S. The SMILES string of the molecule is CS(=O)(=O)CCCOc1cccc2c1ccn2-c1ccnc(N[C@H]2CC[C@H](C(=O)N3CCC(OC(=O)[C@@H]4CCCN4)CC3)CC2)n1. The maximum Gasteiger partial charge on any atom is 0.323 e. The van der Waals surface area contributed by atoms with Crippen LogP contribution in [0, 0.1) is 5.92 Å². The molecule has 0 unspecified atom stereocenters. The van der Waals surface area contributed by atoms with Crippen LogP contribution in [0.15, 0.2) is 42.7 Å². The number of carbonyl (C=O) groups excluding carboxylic acids is 2. The van der Waals surface area contributed by atoms with Gasteiger partial charge >= 0.3 is 5.97 Å². The number of nitrogens with one attached hydrogen (secondary N) is 2. The quantitative estimate of drug-likeness (QED) is 0.233. The Hall–Kier alpha value is -3.71. The van der Waals surface area contributed by atoms with E-state index in [1.807, 2.05) is 46.0 Å². The van der Waals surface area contributed by atoms with Crippen LogP contribution in [0.25, 0.3) is 16.7 Å². The van der Waals surface area contributed by atoms with Crippen LogP contribution < -0.4 is 15.4 Å². The first kappa shape index (κ1) is 32.2. The zero-order valence-electron chi connectivity index (χ0n) is 26.4. The number of sulfone groups is 1. The van der Waals surface area contributed by atoms with E-state index in [0.717, 1.165) is 61.8 Å². The number of hydrogen-bond donors (Lipinski definition) is 2. The summed E-state index contributed by atoms with van der Waals surface area (Å²) in [5.41, 5.74) is 0.928. The maximum atomic E-state index is 13.3. The number of hydrogen-bond acceptors (Lipinski definition) is 10. The van der Waals surface area contributed by atoms with E-state index < -0.39 is 9.84 Å². The predicted molar refractivity (Wildman–Crippen MR) is 175 cm³/mol.